The van der Waals surface area contributed by atoms with Crippen LogP contribution < -0.4 is 0 Å². The molecule has 0 aromatic carbocycles. The predicted octanol–water partition coefficient (Wildman–Crippen LogP) is 6.17. The van der Waals surface area contributed by atoms with Gasteiger partial charge in [-0.1, -0.05) is 48.5 Å². The SMILES string of the molecule is COC(=O)[C@@H]1O[C@H](O[Si](C)(C)C(C)(C)C(C)C)[C@H](O[Si](C)(C)C(C)(C)C)[C@@H](OC(=O)C(C)(C)C)[C@@H]1OC(=O)CCC(C)=O. The summed E-state index contributed by atoms with van der Waals surface area (Å²) in [5.41, 5.74) is -0.923. The molecule has 1 aliphatic rings. The topological polar surface area (TPSA) is 124 Å². The average Bonchev–Trinajstić information content (AvgIpc) is 2.83. The number of Topliss-reactive ketones (excluding diaryl/α,β-unsaturated/α-hetero) is 1. The zero-order valence-electron chi connectivity index (χ0n) is 29.5. The molecule has 0 N–H and O–H groups in total. The average molecular weight is 647 g/mol. The van der Waals surface area contributed by atoms with Crippen molar-refractivity contribution in [2.75, 3.05) is 7.11 Å². The van der Waals surface area contributed by atoms with Gasteiger partial charge in [0, 0.05) is 6.42 Å². The highest BCUT2D eigenvalue weighted by molar-refractivity contribution is 6.74. The van der Waals surface area contributed by atoms with Gasteiger partial charge in [-0.25, -0.2) is 4.79 Å². The predicted molar refractivity (Wildman–Crippen MR) is 169 cm³/mol. The van der Waals surface area contributed by atoms with Gasteiger partial charge in [-0.2, -0.15) is 0 Å². The van der Waals surface area contributed by atoms with Crippen LogP contribution in [0.15, 0.2) is 0 Å². The molecule has 0 radical (unpaired) electrons. The standard InChI is InChI=1S/C31H58O10Si2/c1-19(2)31(10,11)43(15,16)41-27-25(40-42(13,14)30(7,8)9)23(39-28(35)29(4,5)6)22(24(38-27)26(34)36-12)37-21(33)18-17-20(3)32/h19,22-25,27H,17-18H2,1-16H3/t22-,23-,24+,25+,27+/m0/s1. The zero-order valence-corrected chi connectivity index (χ0v) is 31.5. The molecule has 1 fully saturated rings. The number of ether oxygens (including phenoxy) is 4. The molecule has 0 aromatic heterocycles. The number of rotatable bonds is 12. The first-order valence-electron chi connectivity index (χ1n) is 15.2. The van der Waals surface area contributed by atoms with Crippen LogP contribution in [0.1, 0.15) is 89.0 Å². The first-order valence-corrected chi connectivity index (χ1v) is 21.0. The third-order valence-corrected chi connectivity index (χ3v) is 18.4. The maximum absolute atomic E-state index is 13.4. The summed E-state index contributed by atoms with van der Waals surface area (Å²) < 4.78 is 37.1. The summed E-state index contributed by atoms with van der Waals surface area (Å²) in [4.78, 5) is 51.2. The molecule has 1 saturated heterocycles. The summed E-state index contributed by atoms with van der Waals surface area (Å²) in [5.74, 6) is -2.06. The van der Waals surface area contributed by atoms with Crippen molar-refractivity contribution < 1.29 is 47.0 Å². The lowest BCUT2D eigenvalue weighted by molar-refractivity contribution is -0.280. The summed E-state index contributed by atoms with van der Waals surface area (Å²) in [6.07, 6.45) is -6.57. The number of methoxy groups -OCH3 is 1. The summed E-state index contributed by atoms with van der Waals surface area (Å²) in [6, 6.07) is 0. The molecule has 0 aliphatic carbocycles. The fourth-order valence-electron chi connectivity index (χ4n) is 4.04. The Kier molecular flexibility index (Phi) is 13.0. The van der Waals surface area contributed by atoms with E-state index in [1.54, 1.807) is 20.8 Å². The van der Waals surface area contributed by atoms with E-state index in [9.17, 15) is 19.2 Å². The van der Waals surface area contributed by atoms with Crippen LogP contribution in [0.3, 0.4) is 0 Å². The molecule has 0 aromatic rings. The molecule has 0 saturated carbocycles. The largest absolute Gasteiger partial charge is 0.467 e. The van der Waals surface area contributed by atoms with Crippen molar-refractivity contribution in [3.63, 3.8) is 0 Å². The molecule has 0 unspecified atom stereocenters. The monoisotopic (exact) mass is 646 g/mol. The Bertz CT molecular complexity index is 1010. The van der Waals surface area contributed by atoms with Crippen LogP contribution in [0.4, 0.5) is 0 Å². The maximum Gasteiger partial charge on any atom is 0.339 e. The van der Waals surface area contributed by atoms with Crippen LogP contribution in [0.25, 0.3) is 0 Å². The molecular weight excluding hydrogens is 589 g/mol. The van der Waals surface area contributed by atoms with Gasteiger partial charge < -0.3 is 32.6 Å². The molecule has 0 spiro atoms. The lowest BCUT2D eigenvalue weighted by Crippen LogP contribution is -2.67. The normalized spacial score (nSPS) is 24.0. The molecule has 12 heteroatoms. The van der Waals surface area contributed by atoms with Gasteiger partial charge in [0.1, 0.15) is 11.9 Å². The van der Waals surface area contributed by atoms with Crippen molar-refractivity contribution in [3.8, 4) is 0 Å². The van der Waals surface area contributed by atoms with Gasteiger partial charge in [0.15, 0.2) is 41.2 Å². The maximum atomic E-state index is 13.4. The first-order chi connectivity index (χ1) is 19.2. The van der Waals surface area contributed by atoms with Crippen LogP contribution in [0, 0.1) is 11.3 Å². The summed E-state index contributed by atoms with van der Waals surface area (Å²) in [7, 11) is -4.04. The zero-order chi connectivity index (χ0) is 33.9. The Morgan fingerprint density at radius 3 is 1.72 bits per heavy atom. The highest BCUT2D eigenvalue weighted by atomic mass is 28.4. The van der Waals surface area contributed by atoms with Gasteiger partial charge in [-0.05, 0) is 69.9 Å². The smallest absolute Gasteiger partial charge is 0.339 e. The number of ketones is 1. The van der Waals surface area contributed by atoms with Crippen molar-refractivity contribution in [1.82, 2.24) is 0 Å². The van der Waals surface area contributed by atoms with Gasteiger partial charge in [0.05, 0.1) is 18.9 Å². The lowest BCUT2D eigenvalue weighted by atomic mass is 9.95. The van der Waals surface area contributed by atoms with E-state index >= 15 is 0 Å². The number of carbonyl (C=O) groups is 4. The third-order valence-electron chi connectivity index (χ3n) is 9.38. The summed E-state index contributed by atoms with van der Waals surface area (Å²) in [5, 5.41) is -0.487. The second-order valence-corrected chi connectivity index (χ2v) is 24.9. The van der Waals surface area contributed by atoms with Crippen molar-refractivity contribution >= 4 is 40.3 Å². The summed E-state index contributed by atoms with van der Waals surface area (Å²) in [6.45, 7) is 29.5. The van der Waals surface area contributed by atoms with Crippen molar-refractivity contribution in [1.29, 1.82) is 0 Å². The number of esters is 3. The third kappa shape index (κ3) is 9.94. The van der Waals surface area contributed by atoms with Crippen LogP contribution >= 0.6 is 0 Å². The van der Waals surface area contributed by atoms with Gasteiger partial charge in [-0.15, -0.1) is 0 Å². The van der Waals surface area contributed by atoms with Crippen molar-refractivity contribution in [3.05, 3.63) is 0 Å². The van der Waals surface area contributed by atoms with Crippen LogP contribution in [-0.2, 0) is 47.0 Å². The molecule has 250 valence electrons. The van der Waals surface area contributed by atoms with E-state index in [0.717, 1.165) is 0 Å². The Labute approximate surface area is 261 Å². The minimum atomic E-state index is -2.63. The highest BCUT2D eigenvalue weighted by Gasteiger charge is 2.59. The number of carbonyl (C=O) groups excluding carboxylic acids is 4. The fourth-order valence-corrected chi connectivity index (χ4v) is 7.79. The van der Waals surface area contributed by atoms with E-state index in [0.29, 0.717) is 0 Å². The van der Waals surface area contributed by atoms with Crippen LogP contribution in [-0.4, -0.2) is 78.1 Å². The fraction of sp³-hybridized carbons (Fsp3) is 0.871. The van der Waals surface area contributed by atoms with Gasteiger partial charge in [0.2, 0.25) is 0 Å². The van der Waals surface area contributed by atoms with Gasteiger partial charge in [-0.3, -0.25) is 9.59 Å². The van der Waals surface area contributed by atoms with E-state index in [1.807, 2.05) is 13.1 Å². The first kappa shape index (κ1) is 39.4. The second-order valence-electron chi connectivity index (χ2n) is 15.6. The number of hydrogen-bond acceptors (Lipinski definition) is 10. The Morgan fingerprint density at radius 1 is 0.767 bits per heavy atom. The Morgan fingerprint density at radius 2 is 1.30 bits per heavy atom. The van der Waals surface area contributed by atoms with Crippen molar-refractivity contribution in [2.45, 2.75) is 156 Å². The molecular formula is C31H58O10Si2. The highest BCUT2D eigenvalue weighted by Crippen LogP contribution is 2.47. The van der Waals surface area contributed by atoms with Gasteiger partial charge in [0.25, 0.3) is 0 Å². The minimum Gasteiger partial charge on any atom is -0.467 e. The quantitative estimate of drug-likeness (QED) is 0.138. The summed E-state index contributed by atoms with van der Waals surface area (Å²) >= 11 is 0. The lowest BCUT2D eigenvalue weighted by Gasteiger charge is -2.52. The molecule has 0 bridgehead atoms. The van der Waals surface area contributed by atoms with Crippen LogP contribution in [0.5, 0.6) is 0 Å². The van der Waals surface area contributed by atoms with Gasteiger partial charge >= 0.3 is 17.9 Å². The molecule has 5 atom stereocenters. The molecule has 1 rings (SSSR count). The second kappa shape index (κ2) is 14.2. The van der Waals surface area contributed by atoms with E-state index in [4.69, 9.17) is 27.8 Å². The van der Waals surface area contributed by atoms with Crippen molar-refractivity contribution in [2.24, 2.45) is 11.3 Å². The molecule has 1 heterocycles. The van der Waals surface area contributed by atoms with E-state index in [-0.39, 0.29) is 34.6 Å². The van der Waals surface area contributed by atoms with E-state index in [2.05, 4.69) is 61.6 Å². The van der Waals surface area contributed by atoms with E-state index < -0.39 is 70.7 Å². The molecule has 1 aliphatic heterocycles. The molecule has 0 amide bonds. The number of hydrogen-bond donors (Lipinski definition) is 0. The van der Waals surface area contributed by atoms with E-state index in [1.165, 1.54) is 14.0 Å². The molecule has 10 nitrogen and oxygen atoms in total. The minimum absolute atomic E-state index is 0.0402. The molecule has 43 heavy (non-hydrogen) atoms. The van der Waals surface area contributed by atoms with Crippen LogP contribution in [0.2, 0.25) is 36.3 Å². The Hall–Kier alpha value is -1.61. The Balaban J connectivity index is 3.91.